The van der Waals surface area contributed by atoms with Gasteiger partial charge < -0.3 is 9.67 Å². The number of thioether (sulfide) groups is 1. The van der Waals surface area contributed by atoms with Crippen molar-refractivity contribution in [1.82, 2.24) is 14.8 Å². The zero-order chi connectivity index (χ0) is 14.0. The minimum Gasteiger partial charge on any atom is -0.481 e. The van der Waals surface area contributed by atoms with Gasteiger partial charge in [-0.2, -0.15) is 0 Å². The second-order valence-electron chi connectivity index (χ2n) is 4.01. The molecular weight excluding hydrogens is 330 g/mol. The molecule has 0 saturated carbocycles. The number of halogens is 1. The first-order valence-electron chi connectivity index (χ1n) is 5.49. The zero-order valence-corrected chi connectivity index (χ0v) is 12.8. The fourth-order valence-electron chi connectivity index (χ4n) is 1.55. The van der Waals surface area contributed by atoms with E-state index in [1.54, 1.807) is 4.57 Å². The van der Waals surface area contributed by atoms with Crippen molar-refractivity contribution in [3.8, 4) is 11.4 Å². The van der Waals surface area contributed by atoms with Crippen LogP contribution in [0.15, 0.2) is 27.8 Å². The predicted molar refractivity (Wildman–Crippen MR) is 77.2 cm³/mol. The Hall–Kier alpha value is -1.34. The summed E-state index contributed by atoms with van der Waals surface area (Å²) < 4.78 is 2.80. The maximum Gasteiger partial charge on any atom is 0.313 e. The molecule has 0 aliphatic rings. The second-order valence-corrected chi connectivity index (χ2v) is 5.81. The molecule has 0 unspecified atom stereocenters. The number of hydrogen-bond acceptors (Lipinski definition) is 4. The van der Waals surface area contributed by atoms with Crippen LogP contribution in [0.3, 0.4) is 0 Å². The Bertz CT molecular complexity index is 627. The minimum atomic E-state index is -0.868. The lowest BCUT2D eigenvalue weighted by molar-refractivity contribution is -0.133. The summed E-state index contributed by atoms with van der Waals surface area (Å²) in [6, 6.07) is 5.94. The van der Waals surface area contributed by atoms with Gasteiger partial charge in [-0.3, -0.25) is 4.79 Å². The van der Waals surface area contributed by atoms with E-state index in [1.807, 2.05) is 32.2 Å². The molecule has 0 bridgehead atoms. The van der Waals surface area contributed by atoms with Crippen molar-refractivity contribution in [2.24, 2.45) is 7.05 Å². The standard InChI is InChI=1S/C12H12BrN3O2S/c1-7-3-4-8(5-9(7)13)11-14-15-12(16(11)2)19-6-10(17)18/h3-5H,6H2,1-2H3,(H,17,18). The maximum absolute atomic E-state index is 10.6. The van der Waals surface area contributed by atoms with Gasteiger partial charge in [0.2, 0.25) is 0 Å². The Labute approximate surface area is 123 Å². The molecule has 5 nitrogen and oxygen atoms in total. The lowest BCUT2D eigenvalue weighted by Crippen LogP contribution is -2.01. The van der Waals surface area contributed by atoms with E-state index in [0.29, 0.717) is 11.0 Å². The predicted octanol–water partition coefficient (Wildman–Crippen LogP) is 2.73. The van der Waals surface area contributed by atoms with Crippen LogP contribution in [0.25, 0.3) is 11.4 Å². The average Bonchev–Trinajstić information content (AvgIpc) is 2.72. The molecule has 100 valence electrons. The molecule has 19 heavy (non-hydrogen) atoms. The number of carboxylic acid groups (broad SMARTS) is 1. The first-order valence-corrected chi connectivity index (χ1v) is 7.27. The average molecular weight is 342 g/mol. The van der Waals surface area contributed by atoms with Gasteiger partial charge in [-0.1, -0.05) is 39.8 Å². The molecule has 1 N–H and O–H groups in total. The van der Waals surface area contributed by atoms with Gasteiger partial charge in [-0.15, -0.1) is 10.2 Å². The lowest BCUT2D eigenvalue weighted by atomic mass is 10.1. The number of nitrogens with zero attached hydrogens (tertiary/aromatic N) is 3. The second kappa shape index (κ2) is 5.75. The molecule has 2 rings (SSSR count). The highest BCUT2D eigenvalue weighted by Gasteiger charge is 2.13. The third-order valence-corrected chi connectivity index (χ3v) is 4.45. The normalized spacial score (nSPS) is 10.7. The van der Waals surface area contributed by atoms with Crippen molar-refractivity contribution in [3.05, 3.63) is 28.2 Å². The molecule has 2 aromatic rings. The molecular formula is C12H12BrN3O2S. The van der Waals surface area contributed by atoms with E-state index >= 15 is 0 Å². The van der Waals surface area contributed by atoms with Crippen LogP contribution in [0.1, 0.15) is 5.56 Å². The summed E-state index contributed by atoms with van der Waals surface area (Å²) in [4.78, 5) is 10.6. The maximum atomic E-state index is 10.6. The quantitative estimate of drug-likeness (QED) is 0.866. The first-order chi connectivity index (χ1) is 8.99. The van der Waals surface area contributed by atoms with Gasteiger partial charge in [0.15, 0.2) is 11.0 Å². The molecule has 0 spiro atoms. The molecule has 1 aromatic carbocycles. The summed E-state index contributed by atoms with van der Waals surface area (Å²) in [5.41, 5.74) is 2.08. The molecule has 0 fully saturated rings. The minimum absolute atomic E-state index is 0.0242. The van der Waals surface area contributed by atoms with Crippen LogP contribution in [-0.4, -0.2) is 31.6 Å². The van der Waals surface area contributed by atoms with Crippen molar-refractivity contribution in [2.45, 2.75) is 12.1 Å². The van der Waals surface area contributed by atoms with E-state index in [4.69, 9.17) is 5.11 Å². The third-order valence-electron chi connectivity index (χ3n) is 2.59. The Morgan fingerprint density at radius 1 is 1.47 bits per heavy atom. The number of rotatable bonds is 4. The van der Waals surface area contributed by atoms with E-state index < -0.39 is 5.97 Å². The van der Waals surface area contributed by atoms with Gasteiger partial charge in [0.05, 0.1) is 5.75 Å². The Morgan fingerprint density at radius 2 is 2.21 bits per heavy atom. The van der Waals surface area contributed by atoms with Crippen LogP contribution in [0, 0.1) is 6.92 Å². The number of aliphatic carboxylic acids is 1. The van der Waals surface area contributed by atoms with Crippen molar-refractivity contribution < 1.29 is 9.90 Å². The van der Waals surface area contributed by atoms with Crippen LogP contribution in [0.2, 0.25) is 0 Å². The Kier molecular flexibility index (Phi) is 4.26. The fourth-order valence-corrected chi connectivity index (χ4v) is 2.56. The van der Waals surface area contributed by atoms with Gasteiger partial charge in [0, 0.05) is 17.1 Å². The summed E-state index contributed by atoms with van der Waals surface area (Å²) in [7, 11) is 1.83. The van der Waals surface area contributed by atoms with E-state index in [1.165, 1.54) is 0 Å². The summed E-state index contributed by atoms with van der Waals surface area (Å²) in [5.74, 6) is -0.176. The number of aryl methyl sites for hydroxylation is 1. The highest BCUT2D eigenvalue weighted by atomic mass is 79.9. The summed E-state index contributed by atoms with van der Waals surface area (Å²) in [6.45, 7) is 2.01. The van der Waals surface area contributed by atoms with E-state index in [0.717, 1.165) is 27.4 Å². The third kappa shape index (κ3) is 3.16. The van der Waals surface area contributed by atoms with Crippen molar-refractivity contribution in [2.75, 3.05) is 5.75 Å². The molecule has 0 amide bonds. The monoisotopic (exact) mass is 341 g/mol. The van der Waals surface area contributed by atoms with Crippen molar-refractivity contribution in [3.63, 3.8) is 0 Å². The Balaban J connectivity index is 2.30. The number of carbonyl (C=O) groups is 1. The summed E-state index contributed by atoms with van der Waals surface area (Å²) >= 11 is 4.64. The topological polar surface area (TPSA) is 68.0 Å². The van der Waals surface area contributed by atoms with E-state index in [-0.39, 0.29) is 5.75 Å². The number of carboxylic acids is 1. The molecule has 0 aliphatic heterocycles. The number of benzene rings is 1. The van der Waals surface area contributed by atoms with Crippen LogP contribution < -0.4 is 0 Å². The summed E-state index contributed by atoms with van der Waals surface area (Å²) in [5, 5.41) is 17.4. The molecule has 0 radical (unpaired) electrons. The van der Waals surface area contributed by atoms with Gasteiger partial charge in [-0.25, -0.2) is 0 Å². The molecule has 7 heteroatoms. The molecule has 1 heterocycles. The van der Waals surface area contributed by atoms with Gasteiger partial charge >= 0.3 is 5.97 Å². The molecule has 0 saturated heterocycles. The van der Waals surface area contributed by atoms with Crippen molar-refractivity contribution >= 4 is 33.7 Å². The van der Waals surface area contributed by atoms with Crippen LogP contribution in [0.4, 0.5) is 0 Å². The fraction of sp³-hybridized carbons (Fsp3) is 0.250. The first kappa shape index (κ1) is 14.1. The molecule has 0 aliphatic carbocycles. The van der Waals surface area contributed by atoms with Gasteiger partial charge in [0.1, 0.15) is 0 Å². The molecule has 0 atom stereocenters. The highest BCUT2D eigenvalue weighted by molar-refractivity contribution is 9.10. The van der Waals surface area contributed by atoms with E-state index in [2.05, 4.69) is 26.1 Å². The van der Waals surface area contributed by atoms with Crippen LogP contribution in [-0.2, 0) is 11.8 Å². The van der Waals surface area contributed by atoms with Gasteiger partial charge in [-0.05, 0) is 18.6 Å². The lowest BCUT2D eigenvalue weighted by Gasteiger charge is -2.05. The van der Waals surface area contributed by atoms with Crippen molar-refractivity contribution in [1.29, 1.82) is 0 Å². The number of hydrogen-bond donors (Lipinski definition) is 1. The zero-order valence-electron chi connectivity index (χ0n) is 10.4. The smallest absolute Gasteiger partial charge is 0.313 e. The van der Waals surface area contributed by atoms with Gasteiger partial charge in [0.25, 0.3) is 0 Å². The molecule has 1 aromatic heterocycles. The van der Waals surface area contributed by atoms with E-state index in [9.17, 15) is 4.79 Å². The largest absolute Gasteiger partial charge is 0.481 e. The SMILES string of the molecule is Cc1ccc(-c2nnc(SCC(=O)O)n2C)cc1Br. The Morgan fingerprint density at radius 3 is 2.84 bits per heavy atom. The van der Waals surface area contributed by atoms with Crippen LogP contribution >= 0.6 is 27.7 Å². The van der Waals surface area contributed by atoms with Crippen LogP contribution in [0.5, 0.6) is 0 Å². The highest BCUT2D eigenvalue weighted by Crippen LogP contribution is 2.26. The number of aromatic nitrogens is 3. The summed E-state index contributed by atoms with van der Waals surface area (Å²) in [6.07, 6.45) is 0.